The molecule has 0 radical (unpaired) electrons. The van der Waals surface area contributed by atoms with Crippen LogP contribution in [0, 0.1) is 10.1 Å². The van der Waals surface area contributed by atoms with Crippen LogP contribution in [-0.4, -0.2) is 15.6 Å². The largest absolute Gasteiger partial charge is 0.270 e. The summed E-state index contributed by atoms with van der Waals surface area (Å²) >= 11 is 1.44. The number of anilines is 1. The van der Waals surface area contributed by atoms with Gasteiger partial charge in [-0.05, 0) is 19.3 Å². The topological polar surface area (TPSA) is 80.4 Å². The van der Waals surface area contributed by atoms with E-state index in [4.69, 9.17) is 0 Å². The molecule has 6 nitrogen and oxygen atoms in total. The zero-order valence-corrected chi connectivity index (χ0v) is 14.8. The maximum Gasteiger partial charge on any atom is 0.270 e. The normalized spacial score (nSPS) is 11.5. The van der Waals surface area contributed by atoms with Crippen LogP contribution in [0.4, 0.5) is 10.8 Å². The fraction of sp³-hybridized carbons (Fsp3) is 0.412. The van der Waals surface area contributed by atoms with Crippen molar-refractivity contribution < 1.29 is 4.92 Å². The Morgan fingerprint density at radius 1 is 1.38 bits per heavy atom. The monoisotopic (exact) mass is 346 g/mol. The lowest BCUT2D eigenvalue weighted by atomic mass is 10.1. The second-order valence-corrected chi connectivity index (χ2v) is 6.30. The van der Waals surface area contributed by atoms with E-state index >= 15 is 0 Å². The molecule has 0 aliphatic heterocycles. The number of thiazole rings is 1. The number of nitro benzene ring substituents is 1. The van der Waals surface area contributed by atoms with Gasteiger partial charge in [0.1, 0.15) is 0 Å². The van der Waals surface area contributed by atoms with Gasteiger partial charge in [0, 0.05) is 28.8 Å². The SMILES string of the molecule is CCCCC/C(CC)=N\Nc1nc(-c2cccc([N+](=O)[O-])c2)cs1. The molecular formula is C17H22N4O2S. The number of hydrogen-bond acceptors (Lipinski definition) is 6. The number of benzene rings is 1. The number of aromatic nitrogens is 1. The van der Waals surface area contributed by atoms with E-state index in [1.54, 1.807) is 6.07 Å². The summed E-state index contributed by atoms with van der Waals surface area (Å²) in [6.45, 7) is 4.29. The first-order valence-electron chi connectivity index (χ1n) is 8.15. The van der Waals surface area contributed by atoms with Crippen molar-refractivity contribution in [3.05, 3.63) is 39.8 Å². The van der Waals surface area contributed by atoms with Gasteiger partial charge in [-0.15, -0.1) is 11.3 Å². The van der Waals surface area contributed by atoms with Gasteiger partial charge >= 0.3 is 0 Å². The fourth-order valence-electron chi connectivity index (χ4n) is 2.25. The van der Waals surface area contributed by atoms with Crippen LogP contribution in [-0.2, 0) is 0 Å². The standard InChI is InChI=1S/C17H22N4O2S/c1-3-5-6-9-14(4-2)19-20-17-18-16(12-24-17)13-8-7-10-15(11-13)21(22)23/h7-8,10-12H,3-6,9H2,1-2H3,(H,18,20)/b19-14-. The Hall–Kier alpha value is -2.28. The van der Waals surface area contributed by atoms with Gasteiger partial charge < -0.3 is 0 Å². The van der Waals surface area contributed by atoms with E-state index in [-0.39, 0.29) is 5.69 Å². The molecule has 2 rings (SSSR count). The number of nitro groups is 1. The molecule has 1 N–H and O–H groups in total. The molecule has 0 fully saturated rings. The molecule has 0 bridgehead atoms. The Morgan fingerprint density at radius 2 is 2.21 bits per heavy atom. The Balaban J connectivity index is 2.05. The Morgan fingerprint density at radius 3 is 2.92 bits per heavy atom. The highest BCUT2D eigenvalue weighted by Crippen LogP contribution is 2.27. The molecule has 0 aliphatic carbocycles. The van der Waals surface area contributed by atoms with Gasteiger partial charge in [0.05, 0.1) is 10.6 Å². The third kappa shape index (κ3) is 5.13. The Kier molecular flexibility index (Phi) is 6.87. The van der Waals surface area contributed by atoms with E-state index in [1.165, 1.54) is 36.3 Å². The van der Waals surface area contributed by atoms with Crippen LogP contribution in [0.1, 0.15) is 46.0 Å². The molecule has 7 heteroatoms. The minimum absolute atomic E-state index is 0.0669. The third-order valence-electron chi connectivity index (χ3n) is 3.64. The van der Waals surface area contributed by atoms with Gasteiger partial charge in [0.25, 0.3) is 5.69 Å². The molecule has 2 aromatic rings. The molecule has 128 valence electrons. The highest BCUT2D eigenvalue weighted by Gasteiger charge is 2.10. The summed E-state index contributed by atoms with van der Waals surface area (Å²) < 4.78 is 0. The van der Waals surface area contributed by atoms with Crippen molar-refractivity contribution >= 4 is 27.9 Å². The van der Waals surface area contributed by atoms with Crippen molar-refractivity contribution in [2.75, 3.05) is 5.43 Å². The minimum Gasteiger partial charge on any atom is -0.258 e. The maximum absolute atomic E-state index is 10.9. The zero-order chi connectivity index (χ0) is 17.4. The summed E-state index contributed by atoms with van der Waals surface area (Å²) in [6.07, 6.45) is 5.48. The van der Waals surface area contributed by atoms with Gasteiger partial charge in [-0.3, -0.25) is 15.5 Å². The van der Waals surface area contributed by atoms with E-state index in [0.29, 0.717) is 10.8 Å². The van der Waals surface area contributed by atoms with Crippen LogP contribution < -0.4 is 5.43 Å². The summed E-state index contributed by atoms with van der Waals surface area (Å²) in [6, 6.07) is 6.49. The van der Waals surface area contributed by atoms with Crippen LogP contribution >= 0.6 is 11.3 Å². The number of unbranched alkanes of at least 4 members (excludes halogenated alkanes) is 2. The molecule has 0 atom stereocenters. The van der Waals surface area contributed by atoms with Gasteiger partial charge in [-0.25, -0.2) is 4.98 Å². The molecule has 0 saturated carbocycles. The lowest BCUT2D eigenvalue weighted by Gasteiger charge is -2.03. The summed E-state index contributed by atoms with van der Waals surface area (Å²) in [5, 5.41) is 17.9. The predicted octanol–water partition coefficient (Wildman–Crippen LogP) is 5.48. The average Bonchev–Trinajstić information content (AvgIpc) is 3.07. The Labute approximate surface area is 145 Å². The van der Waals surface area contributed by atoms with Crippen molar-refractivity contribution in [1.82, 2.24) is 4.98 Å². The molecule has 1 heterocycles. The highest BCUT2D eigenvalue weighted by molar-refractivity contribution is 7.14. The van der Waals surface area contributed by atoms with E-state index in [1.807, 2.05) is 11.4 Å². The summed E-state index contributed by atoms with van der Waals surface area (Å²) in [5.41, 5.74) is 5.66. The lowest BCUT2D eigenvalue weighted by molar-refractivity contribution is -0.384. The van der Waals surface area contributed by atoms with Crippen LogP contribution in [0.25, 0.3) is 11.3 Å². The maximum atomic E-state index is 10.9. The van der Waals surface area contributed by atoms with Crippen molar-refractivity contribution in [3.8, 4) is 11.3 Å². The summed E-state index contributed by atoms with van der Waals surface area (Å²) in [4.78, 5) is 14.9. The molecule has 0 spiro atoms. The highest BCUT2D eigenvalue weighted by atomic mass is 32.1. The Bertz CT molecular complexity index is 712. The average molecular weight is 346 g/mol. The van der Waals surface area contributed by atoms with Crippen molar-refractivity contribution in [1.29, 1.82) is 0 Å². The zero-order valence-electron chi connectivity index (χ0n) is 14.0. The molecule has 0 amide bonds. The van der Waals surface area contributed by atoms with Gasteiger partial charge in [-0.2, -0.15) is 5.10 Å². The number of hydrogen-bond donors (Lipinski definition) is 1. The third-order valence-corrected chi connectivity index (χ3v) is 4.39. The van der Waals surface area contributed by atoms with Crippen LogP contribution in [0.3, 0.4) is 0 Å². The molecule has 1 aromatic carbocycles. The second kappa shape index (κ2) is 9.12. The van der Waals surface area contributed by atoms with E-state index in [9.17, 15) is 10.1 Å². The number of nitrogens with zero attached hydrogens (tertiary/aromatic N) is 3. The lowest BCUT2D eigenvalue weighted by Crippen LogP contribution is -2.01. The molecular weight excluding hydrogens is 324 g/mol. The van der Waals surface area contributed by atoms with Crippen molar-refractivity contribution in [3.63, 3.8) is 0 Å². The first kappa shape index (κ1) is 18.1. The second-order valence-electron chi connectivity index (χ2n) is 5.45. The van der Waals surface area contributed by atoms with Gasteiger partial charge in [-0.1, -0.05) is 38.8 Å². The predicted molar refractivity (Wildman–Crippen MR) is 99.7 cm³/mol. The first-order valence-corrected chi connectivity index (χ1v) is 9.03. The molecule has 1 aromatic heterocycles. The molecule has 0 saturated heterocycles. The fourth-order valence-corrected chi connectivity index (χ4v) is 2.92. The molecule has 0 aliphatic rings. The van der Waals surface area contributed by atoms with Crippen LogP contribution in [0.5, 0.6) is 0 Å². The minimum atomic E-state index is -0.400. The van der Waals surface area contributed by atoms with Crippen LogP contribution in [0.2, 0.25) is 0 Å². The van der Waals surface area contributed by atoms with Crippen LogP contribution in [0.15, 0.2) is 34.7 Å². The molecule has 0 unspecified atom stereocenters. The van der Waals surface area contributed by atoms with E-state index in [2.05, 4.69) is 29.4 Å². The quantitative estimate of drug-likeness (QED) is 0.282. The summed E-state index contributed by atoms with van der Waals surface area (Å²) in [5.74, 6) is 0. The number of hydrazone groups is 1. The van der Waals surface area contributed by atoms with Crippen molar-refractivity contribution in [2.45, 2.75) is 46.0 Å². The van der Waals surface area contributed by atoms with Gasteiger partial charge in [0.15, 0.2) is 0 Å². The summed E-state index contributed by atoms with van der Waals surface area (Å²) in [7, 11) is 0. The first-order chi connectivity index (χ1) is 11.6. The van der Waals surface area contributed by atoms with E-state index in [0.717, 1.165) is 30.5 Å². The van der Waals surface area contributed by atoms with Gasteiger partial charge in [0.2, 0.25) is 5.13 Å². The smallest absolute Gasteiger partial charge is 0.258 e. The number of nitrogens with one attached hydrogen (secondary N) is 1. The number of non-ortho nitro benzene ring substituents is 1. The molecule has 24 heavy (non-hydrogen) atoms. The van der Waals surface area contributed by atoms with Crippen molar-refractivity contribution in [2.24, 2.45) is 5.10 Å². The van der Waals surface area contributed by atoms with E-state index < -0.39 is 4.92 Å². The number of rotatable bonds is 9.